The molecule has 5 heteroatoms. The number of rotatable bonds is 4. The van der Waals surface area contributed by atoms with Crippen LogP contribution in [0.25, 0.3) is 0 Å². The Balaban J connectivity index is -0.000000152. The van der Waals surface area contributed by atoms with Gasteiger partial charge in [0.25, 0.3) is 0 Å². The first kappa shape index (κ1) is 31.1. The monoisotopic (exact) mass is 523 g/mol. The van der Waals surface area contributed by atoms with Crippen molar-refractivity contribution in [2.24, 2.45) is 0 Å². The maximum absolute atomic E-state index is 5.36. The summed E-state index contributed by atoms with van der Waals surface area (Å²) in [6.45, 7) is 18.5. The van der Waals surface area contributed by atoms with E-state index in [9.17, 15) is 0 Å². The molecule has 0 spiro atoms. The van der Waals surface area contributed by atoms with Gasteiger partial charge in [0.2, 0.25) is 0 Å². The molecule has 0 aliphatic heterocycles. The number of hydrogen-bond acceptors (Lipinski definition) is 3. The summed E-state index contributed by atoms with van der Waals surface area (Å²) in [7, 11) is 2.26. The molecule has 23 heavy (non-hydrogen) atoms. The summed E-state index contributed by atoms with van der Waals surface area (Å²) >= 11 is 0. The molecule has 0 aromatic carbocycles. The minimum Gasteiger partial charge on any atom is -0.386 e. The van der Waals surface area contributed by atoms with Gasteiger partial charge in [-0.2, -0.15) is 25.3 Å². The minimum absolute atomic E-state index is 0. The van der Waals surface area contributed by atoms with Gasteiger partial charge < -0.3 is 34.0 Å². The van der Waals surface area contributed by atoms with E-state index in [0.29, 0.717) is 0 Å². The molecule has 0 aromatic rings. The molecule has 0 radical (unpaired) electrons. The van der Waals surface area contributed by atoms with Crippen LogP contribution in [0.3, 0.4) is 0 Å². The van der Waals surface area contributed by atoms with Gasteiger partial charge in [-0.05, 0) is 0 Å². The molecular weight excluding hydrogens is 487 g/mol. The zero-order valence-corrected chi connectivity index (χ0v) is 19.3. The Kier molecular flexibility index (Phi) is 30.1. The molecule has 0 saturated carbocycles. The number of hydrogen-bond donors (Lipinski definition) is 0. The van der Waals surface area contributed by atoms with Gasteiger partial charge in [-0.15, -0.1) is 11.6 Å². The molecule has 0 atom stereocenters. The van der Waals surface area contributed by atoms with Gasteiger partial charge >= 0.3 is 29.9 Å². The first-order valence-corrected chi connectivity index (χ1v) is 9.48. The van der Waals surface area contributed by atoms with Crippen LogP contribution in [0.4, 0.5) is 0 Å². The Morgan fingerprint density at radius 2 is 1.26 bits per heavy atom. The van der Waals surface area contributed by atoms with E-state index in [2.05, 4.69) is 32.9 Å². The van der Waals surface area contributed by atoms with Crippen LogP contribution in [0.5, 0.6) is 0 Å². The van der Waals surface area contributed by atoms with Crippen molar-refractivity contribution in [2.45, 2.75) is 53.4 Å². The average molecular weight is 524 g/mol. The van der Waals surface area contributed by atoms with E-state index < -0.39 is 8.80 Å². The third-order valence-corrected chi connectivity index (χ3v) is 5.06. The largest absolute Gasteiger partial charge is 4.00 e. The summed E-state index contributed by atoms with van der Waals surface area (Å²) in [6.07, 6.45) is 9.08. The predicted octanol–water partition coefficient (Wildman–Crippen LogP) is 5.17. The standard InChI is InChI=1S/C9H15O3Si.3C3H7.Pt/c1-8-6-5-7-9(8)13(10-2,11-3)12-4;3*1-3-2;/h7H,5H2,1-4H3;3*1,3H2,2H3;/q4*-1;+4. The average Bonchev–Trinajstić information content (AvgIpc) is 2.91. The van der Waals surface area contributed by atoms with Crippen LogP contribution in [-0.2, 0) is 34.3 Å². The Hall–Kier alpha value is 0.265. The fourth-order valence-corrected chi connectivity index (χ4v) is 3.55. The van der Waals surface area contributed by atoms with E-state index >= 15 is 0 Å². The molecule has 1 rings (SSSR count). The topological polar surface area (TPSA) is 27.7 Å². The van der Waals surface area contributed by atoms with Crippen molar-refractivity contribution in [3.63, 3.8) is 0 Å². The second-order valence-electron chi connectivity index (χ2n) is 4.29. The summed E-state index contributed by atoms with van der Waals surface area (Å²) in [5, 5.41) is 1.04. The van der Waals surface area contributed by atoms with E-state index in [-0.39, 0.29) is 21.1 Å². The molecule has 1 aliphatic rings. The normalized spacial score (nSPS) is 12.1. The molecule has 1 aliphatic carbocycles. The summed E-state index contributed by atoms with van der Waals surface area (Å²) in [6, 6.07) is 0. The van der Waals surface area contributed by atoms with Crippen LogP contribution in [-0.4, -0.2) is 30.1 Å². The zero-order valence-electron chi connectivity index (χ0n) is 16.1. The van der Waals surface area contributed by atoms with Crippen LogP contribution in [0.15, 0.2) is 16.8 Å². The SMILES string of the molecule is CO[Si](OC)(OC)C1=CC[C-]=C1C.[CH2-]CC.[CH2-]CC.[CH2-]CC.[Pt+4]. The molecule has 0 bridgehead atoms. The van der Waals surface area contributed by atoms with Gasteiger partial charge in [-0.1, -0.05) is 27.7 Å². The third kappa shape index (κ3) is 14.3. The van der Waals surface area contributed by atoms with Gasteiger partial charge in [0, 0.05) is 21.3 Å². The molecule has 0 heterocycles. The van der Waals surface area contributed by atoms with E-state index in [1.807, 2.05) is 27.7 Å². The molecule has 0 saturated heterocycles. The van der Waals surface area contributed by atoms with Crippen molar-refractivity contribution in [2.75, 3.05) is 21.3 Å². The van der Waals surface area contributed by atoms with E-state index in [1.54, 1.807) is 21.3 Å². The first-order valence-electron chi connectivity index (χ1n) is 7.76. The Morgan fingerprint density at radius 1 is 0.957 bits per heavy atom. The second-order valence-corrected chi connectivity index (χ2v) is 7.17. The molecule has 0 unspecified atom stereocenters. The first-order chi connectivity index (χ1) is 10.4. The van der Waals surface area contributed by atoms with Crippen LogP contribution in [0, 0.1) is 26.8 Å². The van der Waals surface area contributed by atoms with Crippen molar-refractivity contribution in [1.29, 1.82) is 0 Å². The predicted molar refractivity (Wildman–Crippen MR) is 98.9 cm³/mol. The van der Waals surface area contributed by atoms with Crippen LogP contribution in [0.2, 0.25) is 0 Å². The second kappa shape index (κ2) is 22.3. The number of allylic oxidation sites excluding steroid dienone is 4. The van der Waals surface area contributed by atoms with Crippen molar-refractivity contribution in [3.8, 4) is 0 Å². The van der Waals surface area contributed by atoms with Gasteiger partial charge in [0.05, 0.1) is 0 Å². The molecular formula is C18H36O3PtSi. The zero-order chi connectivity index (χ0) is 18.0. The van der Waals surface area contributed by atoms with E-state index in [4.69, 9.17) is 13.3 Å². The molecule has 0 fully saturated rings. The van der Waals surface area contributed by atoms with Crippen LogP contribution in [0.1, 0.15) is 53.4 Å². The summed E-state index contributed by atoms with van der Waals surface area (Å²) in [5.41, 5.74) is 1.08. The minimum atomic E-state index is -2.59. The maximum Gasteiger partial charge on any atom is 4.00 e. The molecule has 0 amide bonds. The van der Waals surface area contributed by atoms with Crippen molar-refractivity contribution in [1.82, 2.24) is 0 Å². The molecule has 0 aromatic heterocycles. The van der Waals surface area contributed by atoms with Gasteiger partial charge in [-0.25, -0.2) is 5.57 Å². The quantitative estimate of drug-likeness (QED) is 0.376. The summed E-state index contributed by atoms with van der Waals surface area (Å²) < 4.78 is 16.1. The fraction of sp³-hybridized carbons (Fsp3) is 0.611. The van der Waals surface area contributed by atoms with Crippen molar-refractivity contribution in [3.05, 3.63) is 43.7 Å². The maximum atomic E-state index is 5.36. The van der Waals surface area contributed by atoms with Crippen molar-refractivity contribution >= 4 is 8.80 Å². The van der Waals surface area contributed by atoms with Gasteiger partial charge in [-0.3, -0.25) is 6.08 Å². The summed E-state index contributed by atoms with van der Waals surface area (Å²) in [4.78, 5) is 0. The third-order valence-electron chi connectivity index (χ3n) is 2.21. The van der Waals surface area contributed by atoms with Crippen molar-refractivity contribution < 1.29 is 34.3 Å². The van der Waals surface area contributed by atoms with Gasteiger partial charge in [0.15, 0.2) is 0 Å². The Bertz CT molecular complexity index is 275. The molecule has 3 nitrogen and oxygen atoms in total. The smallest absolute Gasteiger partial charge is 0.386 e. The van der Waals surface area contributed by atoms with Gasteiger partial charge in [0.1, 0.15) is 0 Å². The van der Waals surface area contributed by atoms with E-state index in [0.717, 1.165) is 36.5 Å². The Morgan fingerprint density at radius 3 is 1.43 bits per heavy atom. The molecule has 140 valence electrons. The fourth-order valence-electron chi connectivity index (χ4n) is 1.49. The van der Waals surface area contributed by atoms with E-state index in [1.165, 1.54) is 0 Å². The van der Waals surface area contributed by atoms with Crippen LogP contribution < -0.4 is 0 Å². The summed E-state index contributed by atoms with van der Waals surface area (Å²) in [5.74, 6) is 0. The van der Waals surface area contributed by atoms with Crippen LogP contribution >= 0.6 is 0 Å². The Labute approximate surface area is 161 Å². The molecule has 0 N–H and O–H groups in total.